The second kappa shape index (κ2) is 5.90. The monoisotopic (exact) mass is 334 g/mol. The lowest BCUT2D eigenvalue weighted by Crippen LogP contribution is -2.17. The molecule has 0 aliphatic carbocycles. The topological polar surface area (TPSA) is 72.0 Å². The zero-order valence-electron chi connectivity index (χ0n) is 11.5. The first-order valence-electron chi connectivity index (χ1n) is 6.50. The number of aromatic amines is 1. The van der Waals surface area contributed by atoms with E-state index in [0.717, 1.165) is 11.3 Å². The van der Waals surface area contributed by atoms with E-state index in [1.807, 2.05) is 0 Å². The van der Waals surface area contributed by atoms with Gasteiger partial charge in [0, 0.05) is 0 Å². The van der Waals surface area contributed by atoms with Gasteiger partial charge in [-0.3, -0.25) is 4.79 Å². The molecule has 0 amide bonds. The van der Waals surface area contributed by atoms with Gasteiger partial charge in [0.25, 0.3) is 5.56 Å². The molecule has 0 saturated heterocycles. The van der Waals surface area contributed by atoms with E-state index < -0.39 is 12.1 Å². The largest absolute Gasteiger partial charge is 0.450 e. The Labute approximate surface area is 134 Å². The Morgan fingerprint density at radius 3 is 2.82 bits per heavy atom. The molecule has 1 N–H and O–H groups in total. The van der Waals surface area contributed by atoms with Crippen LogP contribution in [0.25, 0.3) is 10.9 Å². The van der Waals surface area contributed by atoms with Gasteiger partial charge in [0.1, 0.15) is 4.88 Å². The second-order valence-corrected chi connectivity index (χ2v) is 6.33. The Balaban J connectivity index is 1.87. The van der Waals surface area contributed by atoms with Crippen LogP contribution in [0.1, 0.15) is 28.5 Å². The zero-order valence-corrected chi connectivity index (χ0v) is 13.1. The average Bonchev–Trinajstić information content (AvgIpc) is 2.94. The molecule has 112 valence electrons. The average molecular weight is 335 g/mol. The van der Waals surface area contributed by atoms with Gasteiger partial charge in [-0.05, 0) is 31.2 Å². The summed E-state index contributed by atoms with van der Waals surface area (Å²) in [4.78, 5) is 31.4. The second-order valence-electron chi connectivity index (χ2n) is 4.62. The molecule has 0 aliphatic heterocycles. The van der Waals surface area contributed by atoms with E-state index in [1.165, 1.54) is 0 Å². The molecule has 22 heavy (non-hydrogen) atoms. The molecule has 0 bridgehead atoms. The van der Waals surface area contributed by atoms with Crippen LogP contribution >= 0.6 is 22.9 Å². The minimum Gasteiger partial charge on any atom is -0.450 e. The molecule has 3 rings (SSSR count). The molecule has 0 radical (unpaired) electrons. The van der Waals surface area contributed by atoms with E-state index in [4.69, 9.17) is 16.3 Å². The van der Waals surface area contributed by atoms with Crippen LogP contribution in [0.4, 0.5) is 0 Å². The molecule has 0 fully saturated rings. The number of aromatic nitrogens is 2. The molecule has 1 atom stereocenters. The van der Waals surface area contributed by atoms with Gasteiger partial charge in [-0.25, -0.2) is 9.78 Å². The van der Waals surface area contributed by atoms with E-state index in [1.54, 1.807) is 43.3 Å². The van der Waals surface area contributed by atoms with Crippen LogP contribution in [-0.2, 0) is 4.74 Å². The third kappa shape index (κ3) is 2.88. The smallest absolute Gasteiger partial charge is 0.349 e. The van der Waals surface area contributed by atoms with Crippen LogP contribution < -0.4 is 5.56 Å². The van der Waals surface area contributed by atoms with Crippen LogP contribution in [0.3, 0.4) is 0 Å². The number of esters is 1. The van der Waals surface area contributed by atoms with E-state index in [2.05, 4.69) is 9.97 Å². The number of nitrogens with one attached hydrogen (secondary N) is 1. The number of thiophene rings is 1. The van der Waals surface area contributed by atoms with Gasteiger partial charge in [-0.15, -0.1) is 11.3 Å². The molecule has 0 spiro atoms. The summed E-state index contributed by atoms with van der Waals surface area (Å²) in [5, 5.41) is 0.495. The van der Waals surface area contributed by atoms with Crippen molar-refractivity contribution in [3.8, 4) is 0 Å². The number of halogens is 1. The lowest BCUT2D eigenvalue weighted by molar-refractivity contribution is 0.0326. The molecule has 1 unspecified atom stereocenters. The SMILES string of the molecule is CC(OC(=O)c1ccc(Cl)s1)c1nc2ccccc2c(=O)[nH]1. The number of H-pyrrole nitrogens is 1. The third-order valence-corrected chi connectivity index (χ3v) is 4.29. The summed E-state index contributed by atoms with van der Waals surface area (Å²) in [6.45, 7) is 1.65. The molecule has 2 aromatic heterocycles. The van der Waals surface area contributed by atoms with Crippen molar-refractivity contribution >= 4 is 39.8 Å². The molecule has 5 nitrogen and oxygen atoms in total. The number of carbonyl (C=O) groups excluding carboxylic acids is 1. The summed E-state index contributed by atoms with van der Waals surface area (Å²) in [6, 6.07) is 10.2. The van der Waals surface area contributed by atoms with Gasteiger partial charge >= 0.3 is 5.97 Å². The first-order chi connectivity index (χ1) is 10.5. The standard InChI is InChI=1S/C15H11ClN2O3S/c1-8(21-15(20)11-6-7-12(16)22-11)13-17-10-5-3-2-4-9(10)14(19)18-13/h2-8H,1H3,(H,17,18,19). The molecule has 1 aromatic carbocycles. The number of nitrogens with zero attached hydrogens (tertiary/aromatic N) is 1. The van der Waals surface area contributed by atoms with E-state index in [9.17, 15) is 9.59 Å². The third-order valence-electron chi connectivity index (χ3n) is 3.07. The molecular formula is C15H11ClN2O3S. The normalized spacial score (nSPS) is 12.3. The van der Waals surface area contributed by atoms with Crippen molar-refractivity contribution < 1.29 is 9.53 Å². The van der Waals surface area contributed by atoms with Crippen LogP contribution in [0.2, 0.25) is 4.34 Å². The van der Waals surface area contributed by atoms with Gasteiger partial charge in [-0.2, -0.15) is 0 Å². The van der Waals surface area contributed by atoms with Gasteiger partial charge < -0.3 is 9.72 Å². The number of fused-ring (bicyclic) bond motifs is 1. The Kier molecular flexibility index (Phi) is 3.96. The molecule has 7 heteroatoms. The molecule has 0 saturated carbocycles. The highest BCUT2D eigenvalue weighted by Crippen LogP contribution is 2.24. The highest BCUT2D eigenvalue weighted by molar-refractivity contribution is 7.17. The highest BCUT2D eigenvalue weighted by atomic mass is 35.5. The first kappa shape index (κ1) is 14.7. The lowest BCUT2D eigenvalue weighted by atomic mass is 10.2. The summed E-state index contributed by atoms with van der Waals surface area (Å²) in [6.07, 6.45) is -0.675. The van der Waals surface area contributed by atoms with Crippen molar-refractivity contribution in [2.24, 2.45) is 0 Å². The van der Waals surface area contributed by atoms with Crippen molar-refractivity contribution in [2.45, 2.75) is 13.0 Å². The summed E-state index contributed by atoms with van der Waals surface area (Å²) >= 11 is 6.93. The predicted octanol–water partition coefficient (Wildman–Crippen LogP) is 3.56. The Hall–Kier alpha value is -2.18. The number of rotatable bonds is 3. The van der Waals surface area contributed by atoms with E-state index >= 15 is 0 Å². The Bertz CT molecular complexity index is 903. The number of hydrogen-bond donors (Lipinski definition) is 1. The summed E-state index contributed by atoms with van der Waals surface area (Å²) in [7, 11) is 0. The van der Waals surface area contributed by atoms with Crippen LogP contribution in [0.5, 0.6) is 0 Å². The van der Waals surface area contributed by atoms with Gasteiger partial charge in [0.15, 0.2) is 11.9 Å². The van der Waals surface area contributed by atoms with Crippen LogP contribution in [0, 0.1) is 0 Å². The van der Waals surface area contributed by atoms with Gasteiger partial charge in [0.05, 0.1) is 15.2 Å². The van der Waals surface area contributed by atoms with E-state index in [-0.39, 0.29) is 5.56 Å². The lowest BCUT2D eigenvalue weighted by Gasteiger charge is -2.12. The predicted molar refractivity (Wildman–Crippen MR) is 85.5 cm³/mol. The van der Waals surface area contributed by atoms with Crippen molar-refractivity contribution in [3.05, 3.63) is 61.8 Å². The quantitative estimate of drug-likeness (QED) is 0.743. The number of para-hydroxylation sites is 1. The minimum absolute atomic E-state index is 0.261. The Morgan fingerprint density at radius 2 is 2.09 bits per heavy atom. The fraction of sp³-hybridized carbons (Fsp3) is 0.133. The van der Waals surface area contributed by atoms with Crippen molar-refractivity contribution in [1.29, 1.82) is 0 Å². The first-order valence-corrected chi connectivity index (χ1v) is 7.69. The Morgan fingerprint density at radius 1 is 1.32 bits per heavy atom. The fourth-order valence-corrected chi connectivity index (χ4v) is 2.92. The maximum atomic E-state index is 12.0. The van der Waals surface area contributed by atoms with Crippen LogP contribution in [0.15, 0.2) is 41.2 Å². The van der Waals surface area contributed by atoms with Crippen molar-refractivity contribution in [2.75, 3.05) is 0 Å². The fourth-order valence-electron chi connectivity index (χ4n) is 2.00. The highest BCUT2D eigenvalue weighted by Gasteiger charge is 2.18. The molecule has 3 aromatic rings. The molecule has 0 aliphatic rings. The minimum atomic E-state index is -0.675. The maximum Gasteiger partial charge on any atom is 0.349 e. The van der Waals surface area contributed by atoms with Crippen molar-refractivity contribution in [3.63, 3.8) is 0 Å². The molecule has 2 heterocycles. The number of benzene rings is 1. The summed E-state index contributed by atoms with van der Waals surface area (Å²) < 4.78 is 5.83. The summed E-state index contributed by atoms with van der Waals surface area (Å²) in [5.74, 6) is -0.195. The maximum absolute atomic E-state index is 12.0. The van der Waals surface area contributed by atoms with Gasteiger partial charge in [-0.1, -0.05) is 23.7 Å². The van der Waals surface area contributed by atoms with Gasteiger partial charge in [0.2, 0.25) is 0 Å². The number of hydrogen-bond acceptors (Lipinski definition) is 5. The van der Waals surface area contributed by atoms with Crippen molar-refractivity contribution in [1.82, 2.24) is 9.97 Å². The zero-order chi connectivity index (χ0) is 15.7. The van der Waals surface area contributed by atoms with E-state index in [0.29, 0.717) is 25.9 Å². The summed E-state index contributed by atoms with van der Waals surface area (Å²) in [5.41, 5.74) is 0.297. The number of carbonyl (C=O) groups is 1. The molecular weight excluding hydrogens is 324 g/mol. The number of ether oxygens (including phenoxy) is 1. The van der Waals surface area contributed by atoms with Crippen LogP contribution in [-0.4, -0.2) is 15.9 Å².